The van der Waals surface area contributed by atoms with E-state index in [1.54, 1.807) is 18.3 Å². The summed E-state index contributed by atoms with van der Waals surface area (Å²) in [5.74, 6) is 0.809. The third kappa shape index (κ3) is 2.05. The maximum absolute atomic E-state index is 12.0. The molecule has 3 rings (SSSR count). The SMILES string of the molecule is CC.CC1(C)CC(C)(C)c2c1oc(=O)c1cccnc21. The lowest BCUT2D eigenvalue weighted by Gasteiger charge is -2.21. The first-order valence-corrected chi connectivity index (χ1v) is 7.26. The lowest BCUT2D eigenvalue weighted by atomic mass is 9.82. The van der Waals surface area contributed by atoms with E-state index in [1.807, 2.05) is 13.8 Å². The maximum atomic E-state index is 12.0. The fourth-order valence-corrected chi connectivity index (χ4v) is 3.45. The van der Waals surface area contributed by atoms with E-state index in [4.69, 9.17) is 4.42 Å². The number of pyridine rings is 1. The van der Waals surface area contributed by atoms with Crippen LogP contribution in [0.25, 0.3) is 10.9 Å². The molecule has 0 bridgehead atoms. The van der Waals surface area contributed by atoms with Crippen molar-refractivity contribution >= 4 is 10.9 Å². The third-order valence-electron chi connectivity index (χ3n) is 3.86. The van der Waals surface area contributed by atoms with Crippen molar-refractivity contribution in [2.24, 2.45) is 0 Å². The van der Waals surface area contributed by atoms with E-state index in [9.17, 15) is 4.79 Å². The van der Waals surface area contributed by atoms with Crippen LogP contribution < -0.4 is 5.63 Å². The summed E-state index contributed by atoms with van der Waals surface area (Å²) in [4.78, 5) is 16.4. The molecule has 0 saturated heterocycles. The molecule has 0 unspecified atom stereocenters. The minimum atomic E-state index is -0.275. The van der Waals surface area contributed by atoms with Gasteiger partial charge in [-0.3, -0.25) is 4.98 Å². The maximum Gasteiger partial charge on any atom is 0.345 e. The summed E-state index contributed by atoms with van der Waals surface area (Å²) < 4.78 is 5.59. The molecular formula is C17H23NO2. The molecular weight excluding hydrogens is 250 g/mol. The first kappa shape index (κ1) is 14.8. The van der Waals surface area contributed by atoms with Gasteiger partial charge in [0.1, 0.15) is 5.76 Å². The van der Waals surface area contributed by atoms with E-state index in [0.29, 0.717) is 5.39 Å². The molecule has 2 aromatic heterocycles. The molecule has 3 nitrogen and oxygen atoms in total. The molecule has 0 fully saturated rings. The largest absolute Gasteiger partial charge is 0.426 e. The standard InChI is InChI=1S/C15H17NO2.C2H6/c1-14(2)8-15(3,4)12-10(14)11-9(13(17)18-12)6-5-7-16-11;1-2/h5-7H,8H2,1-4H3;1-2H3. The lowest BCUT2D eigenvalue weighted by molar-refractivity contribution is 0.346. The summed E-state index contributed by atoms with van der Waals surface area (Å²) in [7, 11) is 0. The zero-order chi connectivity index (χ0) is 15.1. The lowest BCUT2D eigenvalue weighted by Crippen LogP contribution is -2.18. The smallest absolute Gasteiger partial charge is 0.345 e. The molecule has 0 atom stereocenters. The second-order valence-electron chi connectivity index (χ2n) is 6.44. The van der Waals surface area contributed by atoms with Crippen LogP contribution in [0.4, 0.5) is 0 Å². The van der Waals surface area contributed by atoms with Crippen molar-refractivity contribution in [1.29, 1.82) is 0 Å². The molecule has 1 aliphatic carbocycles. The average molecular weight is 273 g/mol. The topological polar surface area (TPSA) is 43.1 Å². The number of nitrogens with zero attached hydrogens (tertiary/aromatic N) is 1. The quantitative estimate of drug-likeness (QED) is 0.723. The Kier molecular flexibility index (Phi) is 3.49. The van der Waals surface area contributed by atoms with Crippen molar-refractivity contribution < 1.29 is 4.42 Å². The molecule has 0 saturated carbocycles. The van der Waals surface area contributed by atoms with Gasteiger partial charge in [-0.2, -0.15) is 0 Å². The number of hydrogen-bond donors (Lipinski definition) is 0. The van der Waals surface area contributed by atoms with Gasteiger partial charge in [0, 0.05) is 17.2 Å². The van der Waals surface area contributed by atoms with Crippen molar-refractivity contribution in [3.63, 3.8) is 0 Å². The molecule has 2 aromatic rings. The van der Waals surface area contributed by atoms with Crippen LogP contribution in [0.1, 0.15) is 59.3 Å². The Labute approximate surface area is 120 Å². The molecule has 0 radical (unpaired) electrons. The number of rotatable bonds is 0. The second kappa shape index (κ2) is 4.72. The van der Waals surface area contributed by atoms with Gasteiger partial charge >= 0.3 is 5.63 Å². The number of hydrogen-bond acceptors (Lipinski definition) is 3. The highest BCUT2D eigenvalue weighted by atomic mass is 16.4. The Morgan fingerprint density at radius 1 is 1.15 bits per heavy atom. The van der Waals surface area contributed by atoms with E-state index in [-0.39, 0.29) is 16.5 Å². The van der Waals surface area contributed by atoms with Crippen molar-refractivity contribution in [1.82, 2.24) is 4.98 Å². The Balaban J connectivity index is 0.000000704. The molecule has 0 aromatic carbocycles. The van der Waals surface area contributed by atoms with Crippen molar-refractivity contribution in [2.75, 3.05) is 0 Å². The molecule has 108 valence electrons. The molecule has 20 heavy (non-hydrogen) atoms. The van der Waals surface area contributed by atoms with Crippen LogP contribution in [0.5, 0.6) is 0 Å². The van der Waals surface area contributed by atoms with Crippen LogP contribution in [0.2, 0.25) is 0 Å². The van der Waals surface area contributed by atoms with E-state index < -0.39 is 0 Å². The van der Waals surface area contributed by atoms with E-state index >= 15 is 0 Å². The van der Waals surface area contributed by atoms with Gasteiger partial charge in [-0.1, -0.05) is 41.5 Å². The van der Waals surface area contributed by atoms with E-state index in [0.717, 1.165) is 23.3 Å². The molecule has 3 heteroatoms. The Hall–Kier alpha value is -1.64. The van der Waals surface area contributed by atoms with Crippen molar-refractivity contribution in [3.05, 3.63) is 40.1 Å². The first-order chi connectivity index (χ1) is 9.33. The molecule has 0 aliphatic heterocycles. The minimum Gasteiger partial charge on any atom is -0.426 e. The van der Waals surface area contributed by atoms with Crippen molar-refractivity contribution in [3.8, 4) is 0 Å². The Morgan fingerprint density at radius 2 is 1.80 bits per heavy atom. The van der Waals surface area contributed by atoms with Crippen LogP contribution in [-0.2, 0) is 10.8 Å². The highest BCUT2D eigenvalue weighted by Crippen LogP contribution is 2.50. The van der Waals surface area contributed by atoms with Gasteiger partial charge < -0.3 is 4.42 Å². The Bertz CT molecular complexity index is 696. The van der Waals surface area contributed by atoms with Crippen LogP contribution >= 0.6 is 0 Å². The molecule has 0 spiro atoms. The summed E-state index contributed by atoms with van der Waals surface area (Å²) in [6, 6.07) is 3.56. The van der Waals surface area contributed by atoms with Gasteiger partial charge in [0.05, 0.1) is 10.9 Å². The third-order valence-corrected chi connectivity index (χ3v) is 3.86. The van der Waals surface area contributed by atoms with Gasteiger partial charge in [-0.25, -0.2) is 4.79 Å². The van der Waals surface area contributed by atoms with Gasteiger partial charge in [0.25, 0.3) is 0 Å². The number of fused-ring (bicyclic) bond motifs is 3. The predicted octanol–water partition coefficient (Wildman–Crippen LogP) is 4.17. The van der Waals surface area contributed by atoms with Gasteiger partial charge in [0.15, 0.2) is 0 Å². The normalized spacial score (nSPS) is 18.3. The Morgan fingerprint density at radius 3 is 2.45 bits per heavy atom. The molecule has 1 aliphatic rings. The first-order valence-electron chi connectivity index (χ1n) is 7.26. The highest BCUT2D eigenvalue weighted by Gasteiger charge is 2.46. The van der Waals surface area contributed by atoms with Crippen LogP contribution in [0.15, 0.2) is 27.5 Å². The summed E-state index contributed by atoms with van der Waals surface area (Å²) in [6.07, 6.45) is 2.71. The van der Waals surface area contributed by atoms with Gasteiger partial charge in [-0.15, -0.1) is 0 Å². The minimum absolute atomic E-state index is 0.0113. The van der Waals surface area contributed by atoms with Gasteiger partial charge in [0.2, 0.25) is 0 Å². The summed E-state index contributed by atoms with van der Waals surface area (Å²) in [5, 5.41) is 0.585. The molecule has 0 N–H and O–H groups in total. The highest BCUT2D eigenvalue weighted by molar-refractivity contribution is 5.82. The van der Waals surface area contributed by atoms with Crippen LogP contribution in [0, 0.1) is 0 Å². The number of aromatic nitrogens is 1. The van der Waals surface area contributed by atoms with Crippen LogP contribution in [-0.4, -0.2) is 4.98 Å². The zero-order valence-electron chi connectivity index (χ0n) is 13.2. The average Bonchev–Trinajstić information content (AvgIpc) is 2.57. The van der Waals surface area contributed by atoms with E-state index in [2.05, 4.69) is 32.7 Å². The summed E-state index contributed by atoms with van der Waals surface area (Å²) in [6.45, 7) is 12.6. The monoisotopic (exact) mass is 273 g/mol. The molecule has 0 amide bonds. The van der Waals surface area contributed by atoms with Crippen LogP contribution in [0.3, 0.4) is 0 Å². The fraction of sp³-hybridized carbons (Fsp3) is 0.529. The predicted molar refractivity (Wildman–Crippen MR) is 82.3 cm³/mol. The van der Waals surface area contributed by atoms with E-state index in [1.165, 1.54) is 0 Å². The van der Waals surface area contributed by atoms with Gasteiger partial charge in [-0.05, 0) is 24.0 Å². The fourth-order valence-electron chi connectivity index (χ4n) is 3.45. The summed E-state index contributed by atoms with van der Waals surface area (Å²) >= 11 is 0. The molecule has 2 heterocycles. The van der Waals surface area contributed by atoms with Crippen molar-refractivity contribution in [2.45, 2.75) is 58.8 Å². The summed E-state index contributed by atoms with van der Waals surface area (Å²) in [5.41, 5.74) is 1.51. The second-order valence-corrected chi connectivity index (χ2v) is 6.44. The zero-order valence-corrected chi connectivity index (χ0v) is 13.2.